The predicted molar refractivity (Wildman–Crippen MR) is 33.2 cm³/mol. The maximum absolute atomic E-state index is 10.2. The Morgan fingerprint density at radius 1 is 1.90 bits per heavy atom. The molecule has 0 saturated heterocycles. The molecule has 0 aromatic carbocycles. The van der Waals surface area contributed by atoms with Gasteiger partial charge in [0, 0.05) is 12.4 Å². The van der Waals surface area contributed by atoms with E-state index >= 15 is 0 Å². The summed E-state index contributed by atoms with van der Waals surface area (Å²) in [7, 11) is 0. The van der Waals surface area contributed by atoms with Crippen molar-refractivity contribution in [1.29, 1.82) is 0 Å². The number of H-pyrrole nitrogens is 1. The number of imidazole rings is 1. The van der Waals surface area contributed by atoms with Crippen LogP contribution in [0.2, 0.25) is 0 Å². The first-order chi connectivity index (χ1) is 4.72. The summed E-state index contributed by atoms with van der Waals surface area (Å²) in [5, 5.41) is 8.37. The van der Waals surface area contributed by atoms with Crippen LogP contribution in [-0.2, 0) is 4.79 Å². The highest BCUT2D eigenvalue weighted by molar-refractivity contribution is 5.73. The fraction of sp³-hybridized carbons (Fsp3) is 0.200. The van der Waals surface area contributed by atoms with E-state index in [1.165, 1.54) is 12.4 Å². The lowest BCUT2D eigenvalue weighted by molar-refractivity contribution is -0.138. The molecule has 0 saturated carbocycles. The van der Waals surface area contributed by atoms with Crippen LogP contribution in [0.25, 0.3) is 0 Å². The Kier molecular flexibility index (Phi) is 1.68. The van der Waals surface area contributed by atoms with Crippen molar-refractivity contribution in [2.24, 2.45) is 5.73 Å². The minimum absolute atomic E-state index is 0.271. The molecule has 0 unspecified atom stereocenters. The van der Waals surface area contributed by atoms with Crippen LogP contribution in [0, 0.1) is 0 Å². The summed E-state index contributed by atoms with van der Waals surface area (Å²) >= 11 is 0. The van der Waals surface area contributed by atoms with Gasteiger partial charge in [-0.15, -0.1) is 0 Å². The topological polar surface area (TPSA) is 92.0 Å². The molecule has 0 aliphatic heterocycles. The summed E-state index contributed by atoms with van der Waals surface area (Å²) in [6, 6.07) is -1.05. The van der Waals surface area contributed by atoms with Gasteiger partial charge in [0.05, 0.1) is 0 Å². The number of nitrogens with two attached hydrogens (primary N) is 1. The molecule has 0 fully saturated rings. The second-order valence-corrected chi connectivity index (χ2v) is 1.79. The Labute approximate surface area is 56.9 Å². The largest absolute Gasteiger partial charge is 0.480 e. The lowest BCUT2D eigenvalue weighted by atomic mass is 10.3. The van der Waals surface area contributed by atoms with Crippen molar-refractivity contribution in [3.63, 3.8) is 0 Å². The van der Waals surface area contributed by atoms with Crippen LogP contribution in [0.4, 0.5) is 0 Å². The van der Waals surface area contributed by atoms with Gasteiger partial charge >= 0.3 is 5.97 Å². The molecule has 1 rings (SSSR count). The van der Waals surface area contributed by atoms with Gasteiger partial charge in [-0.3, -0.25) is 4.79 Å². The van der Waals surface area contributed by atoms with E-state index in [0.29, 0.717) is 0 Å². The highest BCUT2D eigenvalue weighted by atomic mass is 16.4. The number of carboxylic acid groups (broad SMARTS) is 1. The zero-order valence-corrected chi connectivity index (χ0v) is 5.11. The van der Waals surface area contributed by atoms with E-state index in [-0.39, 0.29) is 5.82 Å². The van der Waals surface area contributed by atoms with Gasteiger partial charge in [0.1, 0.15) is 5.82 Å². The summed E-state index contributed by atoms with van der Waals surface area (Å²) < 4.78 is 0. The third kappa shape index (κ3) is 1.14. The van der Waals surface area contributed by atoms with Crippen LogP contribution in [0.1, 0.15) is 11.9 Å². The molecule has 0 bridgehead atoms. The van der Waals surface area contributed by atoms with Crippen molar-refractivity contribution < 1.29 is 9.90 Å². The van der Waals surface area contributed by atoms with E-state index in [4.69, 9.17) is 10.8 Å². The Morgan fingerprint density at radius 3 is 3.00 bits per heavy atom. The molecule has 5 heteroatoms. The molecular formula is C5H7N3O2. The Morgan fingerprint density at radius 2 is 2.60 bits per heavy atom. The Balaban J connectivity index is 2.77. The van der Waals surface area contributed by atoms with Crippen LogP contribution in [-0.4, -0.2) is 21.0 Å². The number of aromatic nitrogens is 2. The molecule has 0 spiro atoms. The van der Waals surface area contributed by atoms with Crippen molar-refractivity contribution in [2.45, 2.75) is 6.04 Å². The zero-order valence-electron chi connectivity index (χ0n) is 5.11. The van der Waals surface area contributed by atoms with E-state index in [2.05, 4.69) is 9.97 Å². The van der Waals surface area contributed by atoms with Gasteiger partial charge in [0.25, 0.3) is 0 Å². The zero-order chi connectivity index (χ0) is 7.56. The lowest BCUT2D eigenvalue weighted by Gasteiger charge is -1.99. The van der Waals surface area contributed by atoms with Crippen molar-refractivity contribution >= 4 is 5.97 Å². The van der Waals surface area contributed by atoms with Gasteiger partial charge in [-0.1, -0.05) is 0 Å². The summed E-state index contributed by atoms with van der Waals surface area (Å²) in [5.74, 6) is -0.817. The minimum atomic E-state index is -1.09. The average Bonchev–Trinajstić information content (AvgIpc) is 2.36. The van der Waals surface area contributed by atoms with Crippen molar-refractivity contribution in [3.8, 4) is 0 Å². The highest BCUT2D eigenvalue weighted by Gasteiger charge is 2.15. The van der Waals surface area contributed by atoms with Gasteiger partial charge in [-0.25, -0.2) is 4.98 Å². The van der Waals surface area contributed by atoms with Gasteiger partial charge < -0.3 is 15.8 Å². The number of aliphatic carboxylic acids is 1. The molecule has 0 amide bonds. The summed E-state index contributed by atoms with van der Waals surface area (Å²) in [4.78, 5) is 16.5. The number of carbonyl (C=O) groups is 1. The van der Waals surface area contributed by atoms with Crippen LogP contribution in [0.15, 0.2) is 12.4 Å². The minimum Gasteiger partial charge on any atom is -0.480 e. The molecule has 0 aliphatic carbocycles. The number of aromatic amines is 1. The monoisotopic (exact) mass is 141 g/mol. The number of hydrogen-bond donors (Lipinski definition) is 3. The molecule has 1 aromatic rings. The summed E-state index contributed by atoms with van der Waals surface area (Å²) in [6.45, 7) is 0. The first kappa shape index (κ1) is 6.76. The number of rotatable bonds is 2. The van der Waals surface area contributed by atoms with Gasteiger partial charge in [0.2, 0.25) is 0 Å². The summed E-state index contributed by atoms with van der Waals surface area (Å²) in [6.07, 6.45) is 2.98. The van der Waals surface area contributed by atoms with Crippen molar-refractivity contribution in [2.75, 3.05) is 0 Å². The van der Waals surface area contributed by atoms with Crippen molar-refractivity contribution in [3.05, 3.63) is 18.2 Å². The smallest absolute Gasteiger partial charge is 0.328 e. The van der Waals surface area contributed by atoms with Crippen LogP contribution >= 0.6 is 0 Å². The molecule has 10 heavy (non-hydrogen) atoms. The number of nitrogens with one attached hydrogen (secondary N) is 1. The molecular weight excluding hydrogens is 134 g/mol. The molecule has 1 heterocycles. The molecule has 4 N–H and O–H groups in total. The second kappa shape index (κ2) is 2.49. The molecule has 54 valence electrons. The second-order valence-electron chi connectivity index (χ2n) is 1.79. The third-order valence-electron chi connectivity index (χ3n) is 1.08. The number of carboxylic acids is 1. The van der Waals surface area contributed by atoms with E-state index in [1.54, 1.807) is 0 Å². The quantitative estimate of drug-likeness (QED) is 0.517. The average molecular weight is 141 g/mol. The third-order valence-corrected chi connectivity index (χ3v) is 1.08. The van der Waals surface area contributed by atoms with Gasteiger partial charge in [-0.05, 0) is 0 Å². The highest BCUT2D eigenvalue weighted by Crippen LogP contribution is 2.01. The van der Waals surface area contributed by atoms with E-state index < -0.39 is 12.0 Å². The maximum Gasteiger partial charge on any atom is 0.328 e. The number of nitrogens with zero attached hydrogens (tertiary/aromatic N) is 1. The van der Waals surface area contributed by atoms with Crippen LogP contribution < -0.4 is 5.73 Å². The molecule has 1 aromatic heterocycles. The van der Waals surface area contributed by atoms with Crippen LogP contribution in [0.5, 0.6) is 0 Å². The lowest BCUT2D eigenvalue weighted by Crippen LogP contribution is -2.21. The van der Waals surface area contributed by atoms with E-state index in [0.717, 1.165) is 0 Å². The van der Waals surface area contributed by atoms with Crippen molar-refractivity contribution in [1.82, 2.24) is 9.97 Å². The fourth-order valence-electron chi connectivity index (χ4n) is 0.565. The van der Waals surface area contributed by atoms with Gasteiger partial charge in [0.15, 0.2) is 6.04 Å². The fourth-order valence-corrected chi connectivity index (χ4v) is 0.565. The first-order valence-corrected chi connectivity index (χ1v) is 2.69. The first-order valence-electron chi connectivity index (χ1n) is 2.69. The van der Waals surface area contributed by atoms with E-state index in [1.807, 2.05) is 0 Å². The standard InChI is InChI=1S/C5H7N3O2/c6-3(5(9)10)4-7-1-2-8-4/h1-3H,6H2,(H,7,8)(H,9,10)/t3-/m0/s1. The predicted octanol–water partition coefficient (Wildman–Crippen LogP) is -0.506. The molecule has 5 nitrogen and oxygen atoms in total. The normalized spacial score (nSPS) is 12.9. The SMILES string of the molecule is N[C@H](C(=O)O)c1ncc[nH]1. The molecule has 0 aliphatic rings. The Bertz CT molecular complexity index is 219. The maximum atomic E-state index is 10.2. The van der Waals surface area contributed by atoms with E-state index in [9.17, 15) is 4.79 Å². The van der Waals surface area contributed by atoms with Crippen LogP contribution in [0.3, 0.4) is 0 Å². The van der Waals surface area contributed by atoms with Gasteiger partial charge in [-0.2, -0.15) is 0 Å². The molecule has 1 atom stereocenters. The number of hydrogen-bond acceptors (Lipinski definition) is 3. The summed E-state index contributed by atoms with van der Waals surface area (Å²) in [5.41, 5.74) is 5.19. The Hall–Kier alpha value is -1.36. The molecule has 0 radical (unpaired) electrons.